The predicted molar refractivity (Wildman–Crippen MR) is 134 cm³/mol. The molecule has 4 nitrogen and oxygen atoms in total. The van der Waals surface area contributed by atoms with Gasteiger partial charge in [-0.3, -0.25) is 9.59 Å². The summed E-state index contributed by atoms with van der Waals surface area (Å²) in [6.45, 7) is 4.10. The molecule has 33 heavy (non-hydrogen) atoms. The first-order valence-electron chi connectivity index (χ1n) is 10.9. The molecule has 0 unspecified atom stereocenters. The van der Waals surface area contributed by atoms with Gasteiger partial charge in [0.2, 0.25) is 11.8 Å². The van der Waals surface area contributed by atoms with Gasteiger partial charge in [0.25, 0.3) is 0 Å². The molecule has 1 atom stereocenters. The zero-order valence-electron chi connectivity index (χ0n) is 18.8. The van der Waals surface area contributed by atoms with Crippen LogP contribution in [0.5, 0.6) is 0 Å². The van der Waals surface area contributed by atoms with Crippen molar-refractivity contribution in [1.29, 1.82) is 0 Å². The maximum absolute atomic E-state index is 13.6. The Morgan fingerprint density at radius 2 is 1.48 bits per heavy atom. The van der Waals surface area contributed by atoms with Crippen LogP contribution < -0.4 is 5.32 Å². The molecule has 0 aliphatic rings. The van der Waals surface area contributed by atoms with E-state index in [1.165, 1.54) is 0 Å². The molecule has 0 fully saturated rings. The molecule has 0 aromatic heterocycles. The first kappa shape index (κ1) is 24.8. The zero-order valence-corrected chi connectivity index (χ0v) is 20.3. The van der Waals surface area contributed by atoms with Gasteiger partial charge < -0.3 is 10.2 Å². The van der Waals surface area contributed by atoms with Gasteiger partial charge in [0.05, 0.1) is 6.42 Å². The molecule has 3 aromatic carbocycles. The van der Waals surface area contributed by atoms with Gasteiger partial charge in [0.1, 0.15) is 6.04 Å². The predicted octanol–water partition coefficient (Wildman–Crippen LogP) is 5.70. The zero-order chi connectivity index (χ0) is 23.8. The van der Waals surface area contributed by atoms with E-state index in [-0.39, 0.29) is 30.8 Å². The van der Waals surface area contributed by atoms with Crippen molar-refractivity contribution in [3.63, 3.8) is 0 Å². The van der Waals surface area contributed by atoms with Crippen molar-refractivity contribution >= 4 is 35.0 Å². The minimum Gasteiger partial charge on any atom is -0.352 e. The van der Waals surface area contributed by atoms with Crippen molar-refractivity contribution in [2.75, 3.05) is 0 Å². The molecule has 0 saturated carbocycles. The van der Waals surface area contributed by atoms with E-state index < -0.39 is 6.04 Å². The topological polar surface area (TPSA) is 49.4 Å². The molecular weight excluding hydrogens is 455 g/mol. The quantitative estimate of drug-likeness (QED) is 0.425. The van der Waals surface area contributed by atoms with E-state index in [0.29, 0.717) is 16.5 Å². The Morgan fingerprint density at radius 3 is 2.12 bits per heavy atom. The summed E-state index contributed by atoms with van der Waals surface area (Å²) in [5.74, 6) is -0.354. The monoisotopic (exact) mass is 482 g/mol. The summed E-state index contributed by atoms with van der Waals surface area (Å²) in [6.07, 6.45) is 0.509. The fourth-order valence-corrected chi connectivity index (χ4v) is 3.96. The number of hydrogen-bond donors (Lipinski definition) is 1. The van der Waals surface area contributed by atoms with Crippen LogP contribution in [-0.4, -0.2) is 28.8 Å². The maximum Gasteiger partial charge on any atom is 0.243 e. The third-order valence-corrected chi connectivity index (χ3v) is 5.89. The van der Waals surface area contributed by atoms with Crippen molar-refractivity contribution in [1.82, 2.24) is 10.2 Å². The lowest BCUT2D eigenvalue weighted by molar-refractivity contribution is -0.141. The Hall–Kier alpha value is -2.82. The number of halogens is 2. The highest BCUT2D eigenvalue weighted by Crippen LogP contribution is 2.21. The highest BCUT2D eigenvalue weighted by Gasteiger charge is 2.31. The van der Waals surface area contributed by atoms with Crippen molar-refractivity contribution in [2.45, 2.75) is 45.3 Å². The fourth-order valence-electron chi connectivity index (χ4n) is 3.63. The number of carbonyl (C=O) groups excluding carboxylic acids is 2. The number of nitrogens with one attached hydrogen (secondary N) is 1. The van der Waals surface area contributed by atoms with Crippen LogP contribution in [0.4, 0.5) is 0 Å². The van der Waals surface area contributed by atoms with Gasteiger partial charge in [-0.2, -0.15) is 0 Å². The number of carbonyl (C=O) groups is 2. The SMILES string of the molecule is CC(C)NC(=O)[C@H](Cc1ccccc1)N(Cc1ccc(Cl)cc1)C(=O)Cc1ccccc1Cl. The van der Waals surface area contributed by atoms with Crippen molar-refractivity contribution < 1.29 is 9.59 Å². The third kappa shape index (κ3) is 7.34. The van der Waals surface area contributed by atoms with Gasteiger partial charge in [-0.05, 0) is 48.7 Å². The molecule has 1 N–H and O–H groups in total. The molecule has 3 rings (SSSR count). The first-order chi connectivity index (χ1) is 15.8. The lowest BCUT2D eigenvalue weighted by Crippen LogP contribution is -2.52. The lowest BCUT2D eigenvalue weighted by atomic mass is 10.0. The Kier molecular flexibility index (Phi) is 8.93. The average molecular weight is 483 g/mol. The van der Waals surface area contributed by atoms with Crippen LogP contribution in [0, 0.1) is 0 Å². The Labute approximate surface area is 205 Å². The molecule has 0 aliphatic carbocycles. The van der Waals surface area contributed by atoms with Crippen LogP contribution in [0.25, 0.3) is 0 Å². The smallest absolute Gasteiger partial charge is 0.243 e. The van der Waals surface area contributed by atoms with Crippen LogP contribution in [-0.2, 0) is 29.0 Å². The molecule has 6 heteroatoms. The van der Waals surface area contributed by atoms with E-state index in [9.17, 15) is 9.59 Å². The minimum atomic E-state index is -0.680. The Morgan fingerprint density at radius 1 is 0.848 bits per heavy atom. The molecule has 0 radical (unpaired) electrons. The van der Waals surface area contributed by atoms with Crippen LogP contribution in [0.15, 0.2) is 78.9 Å². The molecule has 172 valence electrons. The molecule has 0 bridgehead atoms. The lowest BCUT2D eigenvalue weighted by Gasteiger charge is -2.32. The van der Waals surface area contributed by atoms with Gasteiger partial charge in [-0.15, -0.1) is 0 Å². The first-order valence-corrected chi connectivity index (χ1v) is 11.7. The highest BCUT2D eigenvalue weighted by molar-refractivity contribution is 6.31. The summed E-state index contributed by atoms with van der Waals surface area (Å²) in [6, 6.07) is 23.6. The summed E-state index contributed by atoms with van der Waals surface area (Å²) < 4.78 is 0. The van der Waals surface area contributed by atoms with E-state index in [4.69, 9.17) is 23.2 Å². The van der Waals surface area contributed by atoms with Crippen molar-refractivity contribution in [3.05, 3.63) is 106 Å². The highest BCUT2D eigenvalue weighted by atomic mass is 35.5. The van der Waals surface area contributed by atoms with E-state index in [1.54, 1.807) is 23.1 Å². The number of benzene rings is 3. The molecule has 0 heterocycles. The average Bonchev–Trinajstić information content (AvgIpc) is 2.79. The van der Waals surface area contributed by atoms with Crippen LogP contribution in [0.1, 0.15) is 30.5 Å². The van der Waals surface area contributed by atoms with E-state index in [1.807, 2.05) is 74.5 Å². The summed E-state index contributed by atoms with van der Waals surface area (Å²) in [4.78, 5) is 28.6. The second-order valence-corrected chi connectivity index (χ2v) is 9.13. The van der Waals surface area contributed by atoms with Gasteiger partial charge in [-0.25, -0.2) is 0 Å². The van der Waals surface area contributed by atoms with Crippen LogP contribution >= 0.6 is 23.2 Å². The minimum absolute atomic E-state index is 0.0492. The number of amides is 2. The molecule has 0 saturated heterocycles. The summed E-state index contributed by atoms with van der Waals surface area (Å²) >= 11 is 12.4. The van der Waals surface area contributed by atoms with Gasteiger partial charge in [0.15, 0.2) is 0 Å². The van der Waals surface area contributed by atoms with Crippen molar-refractivity contribution in [2.24, 2.45) is 0 Å². The molecule has 2 amide bonds. The maximum atomic E-state index is 13.6. The van der Waals surface area contributed by atoms with Gasteiger partial charge >= 0.3 is 0 Å². The number of hydrogen-bond acceptors (Lipinski definition) is 2. The van der Waals surface area contributed by atoms with Crippen LogP contribution in [0.3, 0.4) is 0 Å². The second-order valence-electron chi connectivity index (χ2n) is 8.29. The number of rotatable bonds is 9. The third-order valence-electron chi connectivity index (χ3n) is 5.27. The standard InChI is InChI=1S/C27H28Cl2N2O2/c1-19(2)30-27(33)25(16-20-8-4-3-5-9-20)31(18-21-12-14-23(28)15-13-21)26(32)17-22-10-6-7-11-24(22)29/h3-15,19,25H,16-18H2,1-2H3,(H,30,33)/t25-/m0/s1. The van der Waals surface area contributed by atoms with E-state index >= 15 is 0 Å². The largest absolute Gasteiger partial charge is 0.352 e. The summed E-state index contributed by atoms with van der Waals surface area (Å²) in [7, 11) is 0. The van der Waals surface area contributed by atoms with Gasteiger partial charge in [-0.1, -0.05) is 83.9 Å². The Balaban J connectivity index is 1.97. The normalized spacial score (nSPS) is 11.8. The van der Waals surface area contributed by atoms with Crippen molar-refractivity contribution in [3.8, 4) is 0 Å². The molecular formula is C27H28Cl2N2O2. The summed E-state index contributed by atoms with van der Waals surface area (Å²) in [5, 5.41) is 4.14. The van der Waals surface area contributed by atoms with Crippen LogP contribution in [0.2, 0.25) is 10.0 Å². The van der Waals surface area contributed by atoms with Gasteiger partial charge in [0, 0.05) is 29.1 Å². The molecule has 0 aliphatic heterocycles. The Bertz CT molecular complexity index is 1070. The second kappa shape index (κ2) is 11.9. The number of nitrogens with zero attached hydrogens (tertiary/aromatic N) is 1. The summed E-state index contributed by atoms with van der Waals surface area (Å²) in [5.41, 5.74) is 2.60. The molecule has 3 aromatic rings. The van der Waals surface area contributed by atoms with E-state index in [0.717, 1.165) is 16.7 Å². The fraction of sp³-hybridized carbons (Fsp3) is 0.259. The molecule has 0 spiro atoms. The van der Waals surface area contributed by atoms with E-state index in [2.05, 4.69) is 5.32 Å².